The molecule has 0 aromatic heterocycles. The fraction of sp³-hybridized carbons (Fsp3) is 0.467. The number of piperidine rings is 1. The zero-order valence-corrected chi connectivity index (χ0v) is 12.3. The monoisotopic (exact) mass is 291 g/mol. The Bertz CT molecular complexity index is 532. The van der Waals surface area contributed by atoms with E-state index in [0.29, 0.717) is 16.3 Å². The van der Waals surface area contributed by atoms with E-state index in [9.17, 15) is 4.79 Å². The maximum atomic E-state index is 12.2. The van der Waals surface area contributed by atoms with Gasteiger partial charge in [0.2, 0.25) is 5.91 Å². The lowest BCUT2D eigenvalue weighted by Gasteiger charge is -2.31. The number of carbonyl (C=O) groups is 1. The Labute approximate surface area is 124 Å². The molecule has 0 aliphatic carbocycles. The smallest absolute Gasteiger partial charge is 0.241 e. The Morgan fingerprint density at radius 1 is 1.40 bits per heavy atom. The zero-order valence-electron chi connectivity index (χ0n) is 11.5. The first-order valence-corrected chi connectivity index (χ1v) is 7.24. The number of carbonyl (C=O) groups excluding carboxylic acids is 1. The van der Waals surface area contributed by atoms with Gasteiger partial charge in [-0.3, -0.25) is 9.69 Å². The molecule has 4 nitrogen and oxygen atoms in total. The summed E-state index contributed by atoms with van der Waals surface area (Å²) in [5, 5.41) is 12.0. The molecule has 0 radical (unpaired) electrons. The molecular weight excluding hydrogens is 274 g/mol. The van der Waals surface area contributed by atoms with Gasteiger partial charge in [0, 0.05) is 5.69 Å². The van der Waals surface area contributed by atoms with Gasteiger partial charge in [0.1, 0.15) is 6.07 Å². The lowest BCUT2D eigenvalue weighted by Crippen LogP contribution is -2.44. The molecule has 106 valence electrons. The summed E-state index contributed by atoms with van der Waals surface area (Å²) in [6, 6.07) is 6.78. The third-order valence-corrected chi connectivity index (χ3v) is 3.99. The van der Waals surface area contributed by atoms with Crippen LogP contribution in [0.1, 0.15) is 31.7 Å². The van der Waals surface area contributed by atoms with Crippen molar-refractivity contribution in [3.05, 3.63) is 28.8 Å². The van der Waals surface area contributed by atoms with Gasteiger partial charge in [-0.25, -0.2) is 0 Å². The van der Waals surface area contributed by atoms with E-state index in [0.717, 1.165) is 25.9 Å². The van der Waals surface area contributed by atoms with E-state index >= 15 is 0 Å². The van der Waals surface area contributed by atoms with Crippen LogP contribution in [0.4, 0.5) is 5.69 Å². The van der Waals surface area contributed by atoms with Gasteiger partial charge in [-0.1, -0.05) is 18.0 Å². The molecule has 20 heavy (non-hydrogen) atoms. The topological polar surface area (TPSA) is 56.1 Å². The molecular formula is C15H18ClN3O. The first kappa shape index (κ1) is 14.8. The Kier molecular flexibility index (Phi) is 4.99. The van der Waals surface area contributed by atoms with Gasteiger partial charge in [-0.2, -0.15) is 5.26 Å². The van der Waals surface area contributed by atoms with E-state index in [1.54, 1.807) is 18.2 Å². The van der Waals surface area contributed by atoms with Crippen molar-refractivity contribution in [2.75, 3.05) is 18.4 Å². The minimum Gasteiger partial charge on any atom is -0.325 e. The summed E-state index contributed by atoms with van der Waals surface area (Å²) < 4.78 is 0. The molecule has 1 heterocycles. The standard InChI is InChI=1S/C15H18ClN3O/c1-11(19-7-3-2-4-8-19)15(20)18-13-6-5-12(10-17)14(16)9-13/h5-6,9,11H,2-4,7-8H2,1H3,(H,18,20)/t11-/m0/s1. The van der Waals surface area contributed by atoms with Gasteiger partial charge in [-0.05, 0) is 51.1 Å². The van der Waals surface area contributed by atoms with Crippen molar-refractivity contribution in [1.29, 1.82) is 5.26 Å². The molecule has 1 N–H and O–H groups in total. The first-order valence-electron chi connectivity index (χ1n) is 6.86. The minimum absolute atomic E-state index is 0.0346. The largest absolute Gasteiger partial charge is 0.325 e. The molecule has 1 fully saturated rings. The van der Waals surface area contributed by atoms with Crippen LogP contribution in [0.5, 0.6) is 0 Å². The fourth-order valence-electron chi connectivity index (χ4n) is 2.40. The highest BCUT2D eigenvalue weighted by molar-refractivity contribution is 6.32. The molecule has 1 amide bonds. The van der Waals surface area contributed by atoms with Gasteiger partial charge in [0.05, 0.1) is 16.6 Å². The molecule has 1 atom stereocenters. The zero-order chi connectivity index (χ0) is 14.5. The van der Waals surface area contributed by atoms with Crippen LogP contribution in [0.15, 0.2) is 18.2 Å². The molecule has 1 saturated heterocycles. The van der Waals surface area contributed by atoms with Gasteiger partial charge in [0.15, 0.2) is 0 Å². The van der Waals surface area contributed by atoms with E-state index in [-0.39, 0.29) is 11.9 Å². The third kappa shape index (κ3) is 3.50. The first-order chi connectivity index (χ1) is 9.61. The maximum Gasteiger partial charge on any atom is 0.241 e. The van der Waals surface area contributed by atoms with Crippen LogP contribution in [-0.2, 0) is 4.79 Å². The third-order valence-electron chi connectivity index (χ3n) is 3.67. The number of nitrogens with zero attached hydrogens (tertiary/aromatic N) is 2. The van der Waals surface area contributed by atoms with Crippen molar-refractivity contribution in [2.24, 2.45) is 0 Å². The molecule has 0 spiro atoms. The van der Waals surface area contributed by atoms with Crippen LogP contribution in [0.25, 0.3) is 0 Å². The van der Waals surface area contributed by atoms with Crippen molar-refractivity contribution < 1.29 is 4.79 Å². The van der Waals surface area contributed by atoms with Crippen LogP contribution < -0.4 is 5.32 Å². The fourth-order valence-corrected chi connectivity index (χ4v) is 2.62. The SMILES string of the molecule is C[C@@H](C(=O)Nc1ccc(C#N)c(Cl)c1)N1CCCCC1. The normalized spacial score (nSPS) is 17.2. The summed E-state index contributed by atoms with van der Waals surface area (Å²) in [6.45, 7) is 3.87. The van der Waals surface area contributed by atoms with Crippen molar-refractivity contribution in [3.63, 3.8) is 0 Å². The van der Waals surface area contributed by atoms with E-state index in [1.807, 2.05) is 13.0 Å². The molecule has 0 bridgehead atoms. The predicted octanol–water partition coefficient (Wildman–Crippen LogP) is 3.02. The predicted molar refractivity (Wildman–Crippen MR) is 79.7 cm³/mol. The van der Waals surface area contributed by atoms with Crippen molar-refractivity contribution >= 4 is 23.2 Å². The maximum absolute atomic E-state index is 12.2. The number of halogens is 1. The number of rotatable bonds is 3. The molecule has 0 saturated carbocycles. The lowest BCUT2D eigenvalue weighted by atomic mass is 10.1. The number of hydrogen-bond acceptors (Lipinski definition) is 3. The summed E-state index contributed by atoms with van der Waals surface area (Å²) in [5.74, 6) is -0.0346. The van der Waals surface area contributed by atoms with E-state index in [4.69, 9.17) is 16.9 Å². The van der Waals surface area contributed by atoms with Gasteiger partial charge in [-0.15, -0.1) is 0 Å². The summed E-state index contributed by atoms with van der Waals surface area (Å²) >= 11 is 5.96. The number of hydrogen-bond donors (Lipinski definition) is 1. The highest BCUT2D eigenvalue weighted by Gasteiger charge is 2.22. The number of nitrogens with one attached hydrogen (secondary N) is 1. The van der Waals surface area contributed by atoms with Crippen molar-refractivity contribution in [1.82, 2.24) is 4.90 Å². The molecule has 1 aromatic rings. The number of anilines is 1. The summed E-state index contributed by atoms with van der Waals surface area (Å²) in [7, 11) is 0. The Balaban J connectivity index is 2.00. The number of likely N-dealkylation sites (tertiary alicyclic amines) is 1. The van der Waals surface area contributed by atoms with E-state index in [1.165, 1.54) is 6.42 Å². The number of amides is 1. The number of benzene rings is 1. The Morgan fingerprint density at radius 2 is 2.10 bits per heavy atom. The molecule has 5 heteroatoms. The van der Waals surface area contributed by atoms with E-state index < -0.39 is 0 Å². The highest BCUT2D eigenvalue weighted by atomic mass is 35.5. The summed E-state index contributed by atoms with van der Waals surface area (Å²) in [6.07, 6.45) is 3.55. The molecule has 1 aromatic carbocycles. The Morgan fingerprint density at radius 3 is 2.70 bits per heavy atom. The van der Waals surface area contributed by atoms with Crippen LogP contribution in [-0.4, -0.2) is 29.9 Å². The van der Waals surface area contributed by atoms with Crippen molar-refractivity contribution in [2.45, 2.75) is 32.2 Å². The lowest BCUT2D eigenvalue weighted by molar-refractivity contribution is -0.121. The van der Waals surface area contributed by atoms with Gasteiger partial charge >= 0.3 is 0 Å². The Hall–Kier alpha value is -1.57. The molecule has 2 rings (SSSR count). The summed E-state index contributed by atoms with van der Waals surface area (Å²) in [5.41, 5.74) is 1.04. The second-order valence-corrected chi connectivity index (χ2v) is 5.48. The second kappa shape index (κ2) is 6.74. The van der Waals surface area contributed by atoms with E-state index in [2.05, 4.69) is 10.2 Å². The van der Waals surface area contributed by atoms with Crippen LogP contribution >= 0.6 is 11.6 Å². The second-order valence-electron chi connectivity index (χ2n) is 5.07. The average Bonchev–Trinajstić information content (AvgIpc) is 2.47. The molecule has 1 aliphatic rings. The van der Waals surface area contributed by atoms with Crippen molar-refractivity contribution in [3.8, 4) is 6.07 Å². The quantitative estimate of drug-likeness (QED) is 0.931. The average molecular weight is 292 g/mol. The molecule has 1 aliphatic heterocycles. The minimum atomic E-state index is -0.148. The van der Waals surface area contributed by atoms with Gasteiger partial charge < -0.3 is 5.32 Å². The number of nitriles is 1. The van der Waals surface area contributed by atoms with Crippen LogP contribution in [0.2, 0.25) is 5.02 Å². The molecule has 0 unspecified atom stereocenters. The van der Waals surface area contributed by atoms with Crippen LogP contribution in [0, 0.1) is 11.3 Å². The van der Waals surface area contributed by atoms with Crippen LogP contribution in [0.3, 0.4) is 0 Å². The summed E-state index contributed by atoms with van der Waals surface area (Å²) in [4.78, 5) is 14.4. The van der Waals surface area contributed by atoms with Gasteiger partial charge in [0.25, 0.3) is 0 Å². The highest BCUT2D eigenvalue weighted by Crippen LogP contribution is 2.21.